The maximum absolute atomic E-state index is 13.6. The molecule has 0 bridgehead atoms. The van der Waals surface area contributed by atoms with E-state index < -0.39 is 11.8 Å². The van der Waals surface area contributed by atoms with Gasteiger partial charge in [-0.1, -0.05) is 24.3 Å². The first-order valence-electron chi connectivity index (χ1n) is 12.8. The molecule has 4 heterocycles. The first-order valence-corrected chi connectivity index (χ1v) is 12.8. The summed E-state index contributed by atoms with van der Waals surface area (Å²) < 4.78 is 5.29. The highest BCUT2D eigenvalue weighted by Gasteiger charge is 2.26. The molecule has 0 spiro atoms. The number of aromatic amines is 2. The van der Waals surface area contributed by atoms with E-state index in [1.165, 1.54) is 0 Å². The number of aromatic nitrogens is 6. The van der Waals surface area contributed by atoms with Crippen LogP contribution in [-0.4, -0.2) is 49.6 Å². The Balaban J connectivity index is 1.30. The molecule has 41 heavy (non-hydrogen) atoms. The number of hydrogen-bond donors (Lipinski definition) is 4. The molecular weight excluding hydrogens is 522 g/mol. The number of nitrogens with zero attached hydrogens (tertiary/aromatic N) is 5. The van der Waals surface area contributed by atoms with Crippen LogP contribution in [0.2, 0.25) is 0 Å². The SMILES string of the molecule is CNc1nccc(-c2cc3cc(C(=O)N[C@@H](CN(c4ccccc4)c4ccccn4)c4n[nH]c(=O)o4)ccc3[nH]2)n1. The summed E-state index contributed by atoms with van der Waals surface area (Å²) in [4.78, 5) is 43.8. The summed E-state index contributed by atoms with van der Waals surface area (Å²) in [6, 6.07) is 23.5. The van der Waals surface area contributed by atoms with Gasteiger partial charge >= 0.3 is 5.76 Å². The van der Waals surface area contributed by atoms with E-state index in [0.717, 1.165) is 28.0 Å². The van der Waals surface area contributed by atoms with Crippen LogP contribution >= 0.6 is 0 Å². The molecule has 0 unspecified atom stereocenters. The fourth-order valence-electron chi connectivity index (χ4n) is 4.49. The Labute approximate surface area is 233 Å². The third-order valence-electron chi connectivity index (χ3n) is 6.45. The van der Waals surface area contributed by atoms with E-state index in [2.05, 4.69) is 40.8 Å². The molecule has 1 atom stereocenters. The summed E-state index contributed by atoms with van der Waals surface area (Å²) in [7, 11) is 1.76. The fourth-order valence-corrected chi connectivity index (χ4v) is 4.49. The second kappa shape index (κ2) is 11.1. The number of benzene rings is 2. The molecule has 4 N–H and O–H groups in total. The Morgan fingerprint density at radius 3 is 2.61 bits per heavy atom. The van der Waals surface area contributed by atoms with Crippen LogP contribution in [0.1, 0.15) is 22.3 Å². The van der Waals surface area contributed by atoms with Gasteiger partial charge in [-0.15, -0.1) is 5.10 Å². The Morgan fingerprint density at radius 1 is 1.00 bits per heavy atom. The zero-order valence-corrected chi connectivity index (χ0v) is 21.9. The predicted octanol–water partition coefficient (Wildman–Crippen LogP) is 4.05. The van der Waals surface area contributed by atoms with Gasteiger partial charge in [0.1, 0.15) is 11.9 Å². The number of rotatable bonds is 9. The minimum atomic E-state index is -0.790. The first-order chi connectivity index (χ1) is 20.1. The van der Waals surface area contributed by atoms with Gasteiger partial charge in [0.15, 0.2) is 0 Å². The largest absolute Gasteiger partial charge is 0.434 e. The third-order valence-corrected chi connectivity index (χ3v) is 6.45. The Bertz CT molecular complexity index is 1810. The highest BCUT2D eigenvalue weighted by atomic mass is 16.4. The molecule has 1 amide bonds. The molecule has 0 saturated heterocycles. The van der Waals surface area contributed by atoms with E-state index in [4.69, 9.17) is 4.42 Å². The smallest absolute Gasteiger partial charge is 0.390 e. The third kappa shape index (κ3) is 5.52. The Morgan fingerprint density at radius 2 is 1.85 bits per heavy atom. The van der Waals surface area contributed by atoms with E-state index in [1.807, 2.05) is 71.6 Å². The van der Waals surface area contributed by atoms with Crippen LogP contribution in [0.5, 0.6) is 0 Å². The number of hydrogen-bond acceptors (Lipinski definition) is 9. The molecule has 6 aromatic rings. The number of nitrogens with one attached hydrogen (secondary N) is 4. The van der Waals surface area contributed by atoms with Gasteiger partial charge in [-0.2, -0.15) is 0 Å². The lowest BCUT2D eigenvalue weighted by Crippen LogP contribution is -2.37. The number of para-hydroxylation sites is 1. The van der Waals surface area contributed by atoms with Crippen LogP contribution in [0.25, 0.3) is 22.3 Å². The van der Waals surface area contributed by atoms with Gasteiger partial charge in [0.05, 0.1) is 17.9 Å². The minimum absolute atomic E-state index is 0.0503. The predicted molar refractivity (Wildman–Crippen MR) is 154 cm³/mol. The number of carbonyl (C=O) groups excluding carboxylic acids is 1. The molecule has 0 radical (unpaired) electrons. The Kier molecular flexibility index (Phi) is 6.93. The molecular formula is C29H25N9O3. The van der Waals surface area contributed by atoms with Gasteiger partial charge in [-0.3, -0.25) is 4.79 Å². The number of fused-ring (bicyclic) bond motifs is 1. The quantitative estimate of drug-likeness (QED) is 0.210. The van der Waals surface area contributed by atoms with Crippen LogP contribution in [0.15, 0.2) is 100 Å². The number of pyridine rings is 1. The van der Waals surface area contributed by atoms with E-state index >= 15 is 0 Å². The lowest BCUT2D eigenvalue weighted by molar-refractivity contribution is 0.0931. The van der Waals surface area contributed by atoms with Crippen molar-refractivity contribution in [3.8, 4) is 11.4 Å². The second-order valence-corrected chi connectivity index (χ2v) is 9.11. The van der Waals surface area contributed by atoms with Crippen LogP contribution in [-0.2, 0) is 0 Å². The van der Waals surface area contributed by atoms with Crippen molar-refractivity contribution >= 4 is 34.3 Å². The molecule has 0 aliphatic heterocycles. The molecule has 12 heteroatoms. The molecule has 2 aromatic carbocycles. The van der Waals surface area contributed by atoms with Crippen molar-refractivity contribution in [2.75, 3.05) is 23.8 Å². The summed E-state index contributed by atoms with van der Waals surface area (Å²) >= 11 is 0. The summed E-state index contributed by atoms with van der Waals surface area (Å²) in [6.07, 6.45) is 3.37. The molecule has 0 aliphatic carbocycles. The van der Waals surface area contributed by atoms with Crippen molar-refractivity contribution in [2.45, 2.75) is 6.04 Å². The van der Waals surface area contributed by atoms with Crippen molar-refractivity contribution in [2.24, 2.45) is 0 Å². The number of carbonyl (C=O) groups is 1. The lowest BCUT2D eigenvalue weighted by Gasteiger charge is -2.27. The standard InChI is InChI=1S/C29H25N9O3/c1-30-28-32-14-12-22(35-28)23-16-19-15-18(10-11-21(19)33-23)26(39)34-24(27-36-37-29(40)41-27)17-38(20-7-3-2-4-8-20)25-9-5-6-13-31-25/h2-16,24,33H,17H2,1H3,(H,34,39)(H,37,40)(H,30,32,35)/t24-/m0/s1. The maximum Gasteiger partial charge on any atom is 0.434 e. The average molecular weight is 548 g/mol. The Hall–Kier alpha value is -5.78. The van der Waals surface area contributed by atoms with Crippen LogP contribution in [0, 0.1) is 0 Å². The van der Waals surface area contributed by atoms with Crippen LogP contribution in [0.4, 0.5) is 17.5 Å². The average Bonchev–Trinajstić information content (AvgIpc) is 3.66. The van der Waals surface area contributed by atoms with Crippen LogP contribution in [0.3, 0.4) is 0 Å². The number of H-pyrrole nitrogens is 2. The van der Waals surface area contributed by atoms with Crippen LogP contribution < -0.4 is 21.3 Å². The summed E-state index contributed by atoms with van der Waals surface area (Å²) in [5, 5.41) is 13.1. The minimum Gasteiger partial charge on any atom is -0.390 e. The molecule has 0 aliphatic rings. The molecule has 0 fully saturated rings. The molecule has 12 nitrogen and oxygen atoms in total. The second-order valence-electron chi connectivity index (χ2n) is 9.11. The van der Waals surface area contributed by atoms with Gasteiger partial charge in [0.2, 0.25) is 11.8 Å². The normalized spacial score (nSPS) is 11.7. The summed E-state index contributed by atoms with van der Waals surface area (Å²) in [5.41, 5.74) is 3.63. The van der Waals surface area contributed by atoms with E-state index in [0.29, 0.717) is 17.3 Å². The highest BCUT2D eigenvalue weighted by molar-refractivity contribution is 5.99. The molecule has 204 valence electrons. The number of amides is 1. The highest BCUT2D eigenvalue weighted by Crippen LogP contribution is 2.27. The van der Waals surface area contributed by atoms with E-state index in [-0.39, 0.29) is 18.3 Å². The molecule has 0 saturated carbocycles. The zero-order valence-electron chi connectivity index (χ0n) is 21.9. The van der Waals surface area contributed by atoms with Crippen molar-refractivity contribution in [3.63, 3.8) is 0 Å². The topological polar surface area (TPSA) is 158 Å². The van der Waals surface area contributed by atoms with E-state index in [1.54, 1.807) is 31.6 Å². The lowest BCUT2D eigenvalue weighted by atomic mass is 10.1. The zero-order chi connectivity index (χ0) is 28.2. The van der Waals surface area contributed by atoms with Gasteiger partial charge in [-0.05, 0) is 54.6 Å². The van der Waals surface area contributed by atoms with Gasteiger partial charge in [-0.25, -0.2) is 24.8 Å². The van der Waals surface area contributed by atoms with E-state index in [9.17, 15) is 9.59 Å². The summed E-state index contributed by atoms with van der Waals surface area (Å²) in [6.45, 7) is 0.193. The molecule has 6 rings (SSSR count). The maximum atomic E-state index is 13.6. The number of anilines is 3. The van der Waals surface area contributed by atoms with Crippen molar-refractivity contribution < 1.29 is 9.21 Å². The summed E-state index contributed by atoms with van der Waals surface area (Å²) in [5.74, 6) is 0.139. The first kappa shape index (κ1) is 25.5. The monoisotopic (exact) mass is 547 g/mol. The fraction of sp³-hybridized carbons (Fsp3) is 0.103. The van der Waals surface area contributed by atoms with Gasteiger partial charge in [0.25, 0.3) is 5.91 Å². The van der Waals surface area contributed by atoms with Crippen molar-refractivity contribution in [1.29, 1.82) is 0 Å². The van der Waals surface area contributed by atoms with Gasteiger partial charge < -0.3 is 24.9 Å². The van der Waals surface area contributed by atoms with Crippen molar-refractivity contribution in [1.82, 2.24) is 35.5 Å². The molecule has 4 aromatic heterocycles. The van der Waals surface area contributed by atoms with Crippen molar-refractivity contribution in [3.05, 3.63) is 113 Å². The van der Waals surface area contributed by atoms with Gasteiger partial charge in [0, 0.05) is 41.6 Å².